The Hall–Kier alpha value is -0.190. The van der Waals surface area contributed by atoms with Gasteiger partial charge in [0.2, 0.25) is 5.28 Å². The van der Waals surface area contributed by atoms with Crippen LogP contribution in [0.15, 0.2) is 0 Å². The molecule has 10 heavy (non-hydrogen) atoms. The summed E-state index contributed by atoms with van der Waals surface area (Å²) in [5.41, 5.74) is 0. The molecule has 1 heterocycles. The Balaban J connectivity index is 2.42. The summed E-state index contributed by atoms with van der Waals surface area (Å²) < 4.78 is 8.87. The molecule has 0 atom stereocenters. The first-order valence-electron chi connectivity index (χ1n) is 2.88. The summed E-state index contributed by atoms with van der Waals surface area (Å²) >= 11 is 6.74. The summed E-state index contributed by atoms with van der Waals surface area (Å²) in [7, 11) is 0. The van der Waals surface area contributed by atoms with Crippen molar-refractivity contribution in [2.45, 2.75) is 13.5 Å². The van der Waals surface area contributed by atoms with E-state index in [9.17, 15) is 0 Å². The lowest BCUT2D eigenvalue weighted by Crippen LogP contribution is -1.89. The predicted octanol–water partition coefficient (Wildman–Crippen LogP) is 1.73. The van der Waals surface area contributed by atoms with Crippen molar-refractivity contribution < 1.29 is 4.74 Å². The molecule has 0 aliphatic carbocycles. The first kappa shape index (κ1) is 7.91. The van der Waals surface area contributed by atoms with E-state index in [1.165, 1.54) is 11.5 Å². The fourth-order valence-electron chi connectivity index (χ4n) is 0.482. The highest BCUT2D eigenvalue weighted by atomic mass is 35.5. The minimum absolute atomic E-state index is 0.305. The number of aromatic nitrogens is 2. The Morgan fingerprint density at radius 1 is 1.70 bits per heavy atom. The van der Waals surface area contributed by atoms with Gasteiger partial charge in [-0.15, -0.1) is 0 Å². The molecule has 3 nitrogen and oxygen atoms in total. The van der Waals surface area contributed by atoms with E-state index in [2.05, 4.69) is 9.36 Å². The maximum atomic E-state index is 5.47. The predicted molar refractivity (Wildman–Crippen MR) is 40.2 cm³/mol. The largest absolute Gasteiger partial charge is 0.374 e. The number of rotatable bonds is 3. The van der Waals surface area contributed by atoms with E-state index in [4.69, 9.17) is 16.3 Å². The van der Waals surface area contributed by atoms with Crippen LogP contribution in [0.2, 0.25) is 5.28 Å². The molecule has 0 spiro atoms. The lowest BCUT2D eigenvalue weighted by atomic mass is 10.7. The molecule has 5 heteroatoms. The van der Waals surface area contributed by atoms with Crippen LogP contribution in [-0.2, 0) is 11.3 Å². The fraction of sp³-hybridized carbons (Fsp3) is 0.600. The molecule has 0 N–H and O–H groups in total. The minimum Gasteiger partial charge on any atom is -0.374 e. The van der Waals surface area contributed by atoms with Gasteiger partial charge in [-0.1, -0.05) is 0 Å². The third kappa shape index (κ3) is 2.21. The molecule has 0 bridgehead atoms. The second-order valence-corrected chi connectivity index (χ2v) is 2.77. The van der Waals surface area contributed by atoms with E-state index in [0.29, 0.717) is 18.5 Å². The van der Waals surface area contributed by atoms with Crippen LogP contribution >= 0.6 is 23.1 Å². The first-order chi connectivity index (χ1) is 4.83. The molecule has 1 rings (SSSR count). The van der Waals surface area contributed by atoms with E-state index < -0.39 is 0 Å². The lowest BCUT2D eigenvalue weighted by Gasteiger charge is -1.92. The second-order valence-electron chi connectivity index (χ2n) is 1.59. The normalized spacial score (nSPS) is 10.2. The Labute approximate surface area is 68.2 Å². The van der Waals surface area contributed by atoms with Gasteiger partial charge in [0.15, 0.2) is 0 Å². The Morgan fingerprint density at radius 2 is 2.50 bits per heavy atom. The summed E-state index contributed by atoms with van der Waals surface area (Å²) in [5.74, 6) is 0. The van der Waals surface area contributed by atoms with Crippen LogP contribution in [-0.4, -0.2) is 16.0 Å². The van der Waals surface area contributed by atoms with Gasteiger partial charge >= 0.3 is 0 Å². The van der Waals surface area contributed by atoms with Gasteiger partial charge in [-0.3, -0.25) is 0 Å². The number of hydrogen-bond donors (Lipinski definition) is 0. The molecule has 0 unspecified atom stereocenters. The molecule has 1 aromatic heterocycles. The molecule has 0 amide bonds. The second kappa shape index (κ2) is 3.85. The van der Waals surface area contributed by atoms with Gasteiger partial charge in [-0.2, -0.15) is 4.37 Å². The minimum atomic E-state index is 0.305. The highest BCUT2D eigenvalue weighted by Gasteiger charge is 1.99. The maximum absolute atomic E-state index is 5.47. The van der Waals surface area contributed by atoms with Crippen molar-refractivity contribution in [3.8, 4) is 0 Å². The summed E-state index contributed by atoms with van der Waals surface area (Å²) in [4.78, 5) is 3.90. The molecular weight excluding hydrogens is 172 g/mol. The van der Waals surface area contributed by atoms with Crippen molar-refractivity contribution in [2.24, 2.45) is 0 Å². The highest BCUT2D eigenvalue weighted by molar-refractivity contribution is 7.05. The maximum Gasteiger partial charge on any atom is 0.234 e. The molecule has 0 aliphatic rings. The van der Waals surface area contributed by atoms with Gasteiger partial charge in [-0.25, -0.2) is 4.98 Å². The average Bonchev–Trinajstić information content (AvgIpc) is 2.31. The number of nitrogens with zero attached hydrogens (tertiary/aromatic N) is 2. The highest BCUT2D eigenvalue weighted by Crippen LogP contribution is 2.09. The molecule has 0 aliphatic heterocycles. The van der Waals surface area contributed by atoms with Crippen LogP contribution in [0.4, 0.5) is 0 Å². The standard InChI is InChI=1S/C5H7ClN2OS/c1-2-9-3-4-7-5(6)8-10-4/h2-3H2,1H3. The third-order valence-corrected chi connectivity index (χ3v) is 1.83. The Bertz CT molecular complexity index is 203. The van der Waals surface area contributed by atoms with Crippen molar-refractivity contribution in [3.05, 3.63) is 10.3 Å². The van der Waals surface area contributed by atoms with E-state index in [1.807, 2.05) is 6.92 Å². The van der Waals surface area contributed by atoms with Crippen LogP contribution < -0.4 is 0 Å². The summed E-state index contributed by atoms with van der Waals surface area (Å²) in [5, 5.41) is 1.13. The van der Waals surface area contributed by atoms with E-state index in [-0.39, 0.29) is 0 Å². The van der Waals surface area contributed by atoms with Crippen LogP contribution in [0.5, 0.6) is 0 Å². The molecule has 0 fully saturated rings. The summed E-state index contributed by atoms with van der Waals surface area (Å²) in [6.45, 7) is 3.14. The van der Waals surface area contributed by atoms with Gasteiger partial charge < -0.3 is 4.74 Å². The van der Waals surface area contributed by atoms with Crippen LogP contribution in [0, 0.1) is 0 Å². The number of ether oxygens (including phenoxy) is 1. The molecule has 1 aromatic rings. The fourth-order valence-corrected chi connectivity index (χ4v) is 1.22. The topological polar surface area (TPSA) is 35.0 Å². The molecule has 0 radical (unpaired) electrons. The Kier molecular flexibility index (Phi) is 3.05. The summed E-state index contributed by atoms with van der Waals surface area (Å²) in [6.07, 6.45) is 0. The first-order valence-corrected chi connectivity index (χ1v) is 4.04. The van der Waals surface area contributed by atoms with Crippen molar-refractivity contribution in [1.82, 2.24) is 9.36 Å². The van der Waals surface area contributed by atoms with Crippen molar-refractivity contribution in [3.63, 3.8) is 0 Å². The smallest absolute Gasteiger partial charge is 0.234 e. The zero-order valence-electron chi connectivity index (χ0n) is 5.50. The number of hydrogen-bond acceptors (Lipinski definition) is 4. The SMILES string of the molecule is CCOCc1nc(Cl)ns1. The zero-order valence-corrected chi connectivity index (χ0v) is 7.08. The lowest BCUT2D eigenvalue weighted by molar-refractivity contribution is 0.134. The zero-order chi connectivity index (χ0) is 7.40. The van der Waals surface area contributed by atoms with Crippen LogP contribution in [0.1, 0.15) is 11.9 Å². The van der Waals surface area contributed by atoms with Crippen molar-refractivity contribution >= 4 is 23.1 Å². The summed E-state index contributed by atoms with van der Waals surface area (Å²) in [6, 6.07) is 0. The van der Waals surface area contributed by atoms with Crippen molar-refractivity contribution in [2.75, 3.05) is 6.61 Å². The molecule has 0 aromatic carbocycles. The van der Waals surface area contributed by atoms with Gasteiger partial charge in [0.1, 0.15) is 11.6 Å². The van der Waals surface area contributed by atoms with E-state index in [0.717, 1.165) is 5.01 Å². The van der Waals surface area contributed by atoms with Gasteiger partial charge in [0.25, 0.3) is 0 Å². The Morgan fingerprint density at radius 3 is 3.00 bits per heavy atom. The van der Waals surface area contributed by atoms with Gasteiger partial charge in [-0.05, 0) is 30.1 Å². The van der Waals surface area contributed by atoms with Gasteiger partial charge in [0, 0.05) is 6.61 Å². The van der Waals surface area contributed by atoms with E-state index in [1.54, 1.807) is 0 Å². The van der Waals surface area contributed by atoms with Crippen LogP contribution in [0.3, 0.4) is 0 Å². The average molecular weight is 179 g/mol. The molecule has 0 saturated carbocycles. The monoisotopic (exact) mass is 178 g/mol. The third-order valence-electron chi connectivity index (χ3n) is 0.873. The number of halogens is 1. The van der Waals surface area contributed by atoms with E-state index >= 15 is 0 Å². The molecule has 56 valence electrons. The van der Waals surface area contributed by atoms with Gasteiger partial charge in [0.05, 0.1) is 0 Å². The van der Waals surface area contributed by atoms with Crippen LogP contribution in [0.25, 0.3) is 0 Å². The quantitative estimate of drug-likeness (QED) is 0.707. The molecule has 0 saturated heterocycles. The molecular formula is C5H7ClN2OS. The van der Waals surface area contributed by atoms with Crippen molar-refractivity contribution in [1.29, 1.82) is 0 Å².